The van der Waals surface area contributed by atoms with Gasteiger partial charge in [-0.2, -0.15) is 0 Å². The third-order valence-corrected chi connectivity index (χ3v) is 11.7. The van der Waals surface area contributed by atoms with Crippen LogP contribution in [0.3, 0.4) is 0 Å². The largest absolute Gasteiger partial charge is 0.512 e. The Balaban J connectivity index is 0.000000388. The van der Waals surface area contributed by atoms with E-state index in [1.54, 1.807) is 0 Å². The van der Waals surface area contributed by atoms with Crippen molar-refractivity contribution < 1.29 is 39.5 Å². The third-order valence-electron chi connectivity index (χ3n) is 9.63. The Morgan fingerprint density at radius 2 is 1.54 bits per heavy atom. The molecule has 0 fully saturated rings. The van der Waals surface area contributed by atoms with Gasteiger partial charge in [-0.1, -0.05) is 116 Å². The number of benzene rings is 5. The van der Waals surface area contributed by atoms with E-state index in [1.807, 2.05) is 30.5 Å². The van der Waals surface area contributed by atoms with Crippen molar-refractivity contribution in [3.8, 4) is 22.4 Å². The van der Waals surface area contributed by atoms with E-state index in [0.29, 0.717) is 0 Å². The zero-order valence-electron chi connectivity index (χ0n) is 29.8. The number of alkyl halides is 1. The first-order chi connectivity index (χ1) is 23.0. The van der Waals surface area contributed by atoms with Gasteiger partial charge in [0.05, 0.1) is 20.4 Å². The van der Waals surface area contributed by atoms with Crippen LogP contribution in [-0.4, -0.2) is 34.7 Å². The van der Waals surface area contributed by atoms with E-state index in [2.05, 4.69) is 94.2 Å². The van der Waals surface area contributed by atoms with Gasteiger partial charge in [-0.3, -0.25) is 9.78 Å². The maximum Gasteiger partial charge on any atom is 0.195 e. The summed E-state index contributed by atoms with van der Waals surface area (Å²) in [7, 11) is -1.42. The number of aliphatic hydroxyl groups excluding tert-OH is 2. The first-order valence-electron chi connectivity index (χ1n) is 16.7. The van der Waals surface area contributed by atoms with Gasteiger partial charge in [0.1, 0.15) is 0 Å². The Labute approximate surface area is 308 Å². The molecule has 7 rings (SSSR count). The quantitative estimate of drug-likeness (QED) is 0.0596. The van der Waals surface area contributed by atoms with Crippen LogP contribution >= 0.6 is 0 Å². The van der Waals surface area contributed by atoms with Gasteiger partial charge >= 0.3 is 0 Å². The number of rotatable bonds is 5. The number of carbonyl (C=O) groups is 1. The molecule has 1 aliphatic carbocycles. The molecule has 1 heterocycles. The van der Waals surface area contributed by atoms with Crippen molar-refractivity contribution in [1.29, 1.82) is 0 Å². The molecule has 0 saturated carbocycles. The second-order valence-corrected chi connectivity index (χ2v) is 20.2. The standard InChI is InChI=1S/C36H32NOSi.C7H11FO2.Ir/c1-36(2)33-20-25(39(3,4)5)10-11-29(33)31-13-12-27-28-16-17-37-35(32(28)15-14-30(27)34(31)36)23-18-22-8-6-7-9-26(22)24(19-23)21-38;1-5(9)4-6(10)7(2,3)8;/h6-17,19-20,38H,21H2,1-5H3;4,9H,1-3H3;/q-1;;/b;5-4-;. The average molecular weight is 861 g/mol. The Hall–Kier alpha value is -4.00. The van der Waals surface area contributed by atoms with Gasteiger partial charge in [-0.05, 0) is 70.6 Å². The topological polar surface area (TPSA) is 70.4 Å². The van der Waals surface area contributed by atoms with Crippen LogP contribution in [0.15, 0.2) is 96.9 Å². The molecule has 50 heavy (non-hydrogen) atoms. The Morgan fingerprint density at radius 1 is 0.900 bits per heavy atom. The monoisotopic (exact) mass is 861 g/mol. The fourth-order valence-corrected chi connectivity index (χ4v) is 8.17. The Bertz CT molecular complexity index is 2310. The molecule has 259 valence electrons. The summed E-state index contributed by atoms with van der Waals surface area (Å²) in [6, 6.07) is 32.2. The number of aromatic nitrogens is 1. The van der Waals surface area contributed by atoms with Crippen LogP contribution in [0.25, 0.3) is 54.7 Å². The number of fused-ring (bicyclic) bond motifs is 8. The Kier molecular flexibility index (Phi) is 10.1. The van der Waals surface area contributed by atoms with Crippen LogP contribution in [0.5, 0.6) is 0 Å². The summed E-state index contributed by atoms with van der Waals surface area (Å²) >= 11 is 0. The van der Waals surface area contributed by atoms with E-state index in [-0.39, 0.29) is 37.9 Å². The zero-order valence-corrected chi connectivity index (χ0v) is 33.2. The molecule has 6 aromatic rings. The molecule has 0 spiro atoms. The van der Waals surface area contributed by atoms with Crippen LogP contribution in [0.1, 0.15) is 51.3 Å². The molecule has 0 atom stereocenters. The van der Waals surface area contributed by atoms with Crippen LogP contribution < -0.4 is 5.19 Å². The van der Waals surface area contributed by atoms with Gasteiger partial charge in [0.25, 0.3) is 0 Å². The van der Waals surface area contributed by atoms with E-state index in [4.69, 9.17) is 10.1 Å². The first kappa shape index (κ1) is 37.3. The molecule has 7 heteroatoms. The number of carbonyl (C=O) groups excluding carboxylic acids is 1. The number of nitrogens with zero attached hydrogens (tertiary/aromatic N) is 1. The smallest absolute Gasteiger partial charge is 0.195 e. The second kappa shape index (κ2) is 13.6. The van der Waals surface area contributed by atoms with E-state index in [0.717, 1.165) is 52.9 Å². The van der Waals surface area contributed by atoms with Crippen molar-refractivity contribution >= 4 is 51.4 Å². The molecule has 4 nitrogen and oxygen atoms in total. The number of pyridine rings is 1. The van der Waals surface area contributed by atoms with E-state index in [9.17, 15) is 14.3 Å². The van der Waals surface area contributed by atoms with E-state index < -0.39 is 19.5 Å². The maximum atomic E-state index is 12.6. The fraction of sp³-hybridized carbons (Fsp3) is 0.256. The van der Waals surface area contributed by atoms with Crippen molar-refractivity contribution in [2.24, 2.45) is 0 Å². The molecule has 0 saturated heterocycles. The van der Waals surface area contributed by atoms with Crippen LogP contribution in [0, 0.1) is 6.07 Å². The van der Waals surface area contributed by atoms with E-state index >= 15 is 0 Å². The van der Waals surface area contributed by atoms with Crippen LogP contribution in [-0.2, 0) is 36.9 Å². The summed E-state index contributed by atoms with van der Waals surface area (Å²) in [6.07, 6.45) is 2.78. The molecule has 2 N–H and O–H groups in total. The summed E-state index contributed by atoms with van der Waals surface area (Å²) in [6.45, 7) is 15.6. The van der Waals surface area contributed by atoms with E-state index in [1.165, 1.54) is 50.5 Å². The number of hydrogen-bond acceptors (Lipinski definition) is 4. The second-order valence-electron chi connectivity index (χ2n) is 15.1. The number of hydrogen-bond donors (Lipinski definition) is 2. The average Bonchev–Trinajstić information content (AvgIpc) is 3.28. The van der Waals surface area contributed by atoms with Crippen molar-refractivity contribution in [3.63, 3.8) is 0 Å². The molecule has 1 aliphatic rings. The summed E-state index contributed by atoms with van der Waals surface area (Å²) in [5.41, 5.74) is 6.34. The molecule has 5 aromatic carbocycles. The first-order valence-corrected chi connectivity index (χ1v) is 20.2. The summed E-state index contributed by atoms with van der Waals surface area (Å²) in [5.74, 6) is -0.886. The number of aliphatic hydroxyl groups is 2. The van der Waals surface area contributed by atoms with Gasteiger partial charge in [0, 0.05) is 43.5 Å². The van der Waals surface area contributed by atoms with Crippen molar-refractivity contribution in [2.45, 2.75) is 72.0 Å². The minimum Gasteiger partial charge on any atom is -0.512 e. The van der Waals surface area contributed by atoms with Crippen molar-refractivity contribution in [1.82, 2.24) is 4.98 Å². The maximum absolute atomic E-state index is 12.6. The number of allylic oxidation sites excluding steroid dienone is 2. The Morgan fingerprint density at radius 3 is 2.18 bits per heavy atom. The van der Waals surface area contributed by atoms with Gasteiger partial charge in [-0.15, -0.1) is 23.6 Å². The SMILES string of the molecule is C/C(O)=C/C(=O)C(C)(C)F.CC1(C)c2cc([Si](C)(C)C)ccc2-c2ccc3c(ccc4c(-c5[c-]c6ccccc6c(CO)c5)nccc43)c21.[Ir]. The molecule has 1 radical (unpaired) electrons. The summed E-state index contributed by atoms with van der Waals surface area (Å²) < 4.78 is 12.6. The predicted molar refractivity (Wildman–Crippen MR) is 204 cm³/mol. The molecule has 0 aliphatic heterocycles. The fourth-order valence-electron chi connectivity index (χ4n) is 7.01. The minimum absolute atomic E-state index is 0. The van der Waals surface area contributed by atoms with Gasteiger partial charge in [0.2, 0.25) is 0 Å². The molecular weight excluding hydrogens is 818 g/mol. The van der Waals surface area contributed by atoms with Crippen LogP contribution in [0.4, 0.5) is 4.39 Å². The van der Waals surface area contributed by atoms with Gasteiger partial charge < -0.3 is 10.2 Å². The third kappa shape index (κ3) is 6.72. The molecular formula is C43H43FIrNO3Si-. The summed E-state index contributed by atoms with van der Waals surface area (Å²) in [5, 5.41) is 27.1. The zero-order chi connectivity index (χ0) is 35.5. The molecule has 1 aromatic heterocycles. The molecule has 0 bridgehead atoms. The van der Waals surface area contributed by atoms with Crippen molar-refractivity contribution in [3.05, 3.63) is 120 Å². The van der Waals surface area contributed by atoms with Crippen LogP contribution in [0.2, 0.25) is 19.6 Å². The minimum atomic E-state index is -1.88. The van der Waals surface area contributed by atoms with Gasteiger partial charge in [-0.25, -0.2) is 4.39 Å². The number of halogens is 1. The molecule has 0 amide bonds. The summed E-state index contributed by atoms with van der Waals surface area (Å²) in [4.78, 5) is 15.5. The van der Waals surface area contributed by atoms with Gasteiger partial charge in [0.15, 0.2) is 11.5 Å². The normalized spacial score (nSPS) is 13.8. The van der Waals surface area contributed by atoms with Crippen molar-refractivity contribution in [2.75, 3.05) is 0 Å². The predicted octanol–water partition coefficient (Wildman–Crippen LogP) is 10.1. The number of ketones is 1. The molecule has 0 unspecified atom stereocenters.